The van der Waals surface area contributed by atoms with Gasteiger partial charge in [0.25, 0.3) is 0 Å². The van der Waals surface area contributed by atoms with E-state index in [2.05, 4.69) is 18.4 Å². The lowest BCUT2D eigenvalue weighted by Gasteiger charge is -1.99. The molecule has 2 rings (SSSR count). The highest BCUT2D eigenvalue weighted by atomic mass is 32.1. The van der Waals surface area contributed by atoms with Crippen LogP contribution < -0.4 is 5.43 Å². The maximum atomic E-state index is 10.8. The Morgan fingerprint density at radius 1 is 1.31 bits per heavy atom. The normalized spacial score (nSPS) is 10.2. The summed E-state index contributed by atoms with van der Waals surface area (Å²) in [5, 5.41) is 3.23. The first-order chi connectivity index (χ1) is 6.25. The molecule has 3 heteroatoms. The number of hydrogen-bond acceptors (Lipinski definition) is 2. The minimum Gasteiger partial charge on any atom is -0.315 e. The Morgan fingerprint density at radius 2 is 2.00 bits per heavy atom. The SMILES string of the molecule is Cc1csc(-n2ccc(=O)cc2)c1. The van der Waals surface area contributed by atoms with E-state index in [1.54, 1.807) is 35.9 Å². The van der Waals surface area contributed by atoms with Crippen LogP contribution in [0.15, 0.2) is 40.8 Å². The molecule has 13 heavy (non-hydrogen) atoms. The molecule has 0 radical (unpaired) electrons. The van der Waals surface area contributed by atoms with Crippen molar-refractivity contribution in [3.63, 3.8) is 0 Å². The summed E-state index contributed by atoms with van der Waals surface area (Å²) in [7, 11) is 0. The second kappa shape index (κ2) is 3.18. The van der Waals surface area contributed by atoms with E-state index < -0.39 is 0 Å². The number of thiophene rings is 1. The number of hydrogen-bond donors (Lipinski definition) is 0. The highest BCUT2D eigenvalue weighted by Crippen LogP contribution is 2.17. The van der Waals surface area contributed by atoms with Crippen molar-refractivity contribution in [3.05, 3.63) is 51.8 Å². The molecule has 66 valence electrons. The van der Waals surface area contributed by atoms with Gasteiger partial charge >= 0.3 is 0 Å². The van der Waals surface area contributed by atoms with E-state index in [0.717, 1.165) is 5.00 Å². The van der Waals surface area contributed by atoms with Gasteiger partial charge in [0.2, 0.25) is 0 Å². The van der Waals surface area contributed by atoms with Crippen molar-refractivity contribution in [2.75, 3.05) is 0 Å². The Balaban J connectivity index is 2.47. The quantitative estimate of drug-likeness (QED) is 0.677. The molecule has 0 unspecified atom stereocenters. The zero-order valence-corrected chi connectivity index (χ0v) is 8.04. The van der Waals surface area contributed by atoms with Gasteiger partial charge in [0.1, 0.15) is 0 Å². The predicted octanol–water partition coefficient (Wildman–Crippen LogP) is 2.21. The summed E-state index contributed by atoms with van der Waals surface area (Å²) >= 11 is 1.67. The molecule has 0 N–H and O–H groups in total. The van der Waals surface area contributed by atoms with Gasteiger partial charge < -0.3 is 4.57 Å². The molecule has 2 heterocycles. The Morgan fingerprint density at radius 3 is 2.54 bits per heavy atom. The largest absolute Gasteiger partial charge is 0.315 e. The number of aryl methyl sites for hydroxylation is 1. The van der Waals surface area contributed by atoms with Crippen LogP contribution in [0.2, 0.25) is 0 Å². The fraction of sp³-hybridized carbons (Fsp3) is 0.100. The Bertz CT molecular complexity index is 449. The lowest BCUT2D eigenvalue weighted by atomic mass is 10.4. The van der Waals surface area contributed by atoms with E-state index in [0.29, 0.717) is 0 Å². The van der Waals surface area contributed by atoms with Gasteiger partial charge in [0.15, 0.2) is 5.43 Å². The summed E-state index contributed by atoms with van der Waals surface area (Å²) in [6, 6.07) is 5.22. The number of nitrogens with zero attached hydrogens (tertiary/aromatic N) is 1. The van der Waals surface area contributed by atoms with Crippen LogP contribution in [0.25, 0.3) is 5.00 Å². The van der Waals surface area contributed by atoms with Crippen LogP contribution in [0, 0.1) is 6.92 Å². The lowest BCUT2D eigenvalue weighted by Crippen LogP contribution is -1.99. The third-order valence-electron chi connectivity index (χ3n) is 1.77. The Hall–Kier alpha value is -1.35. The summed E-state index contributed by atoms with van der Waals surface area (Å²) in [6.45, 7) is 2.06. The standard InChI is InChI=1S/C10H9NOS/c1-8-6-10(13-7-8)11-4-2-9(12)3-5-11/h2-7H,1H3. The van der Waals surface area contributed by atoms with Gasteiger partial charge in [-0.1, -0.05) is 0 Å². The van der Waals surface area contributed by atoms with Crippen LogP contribution >= 0.6 is 11.3 Å². The summed E-state index contributed by atoms with van der Waals surface area (Å²) in [5.41, 5.74) is 1.29. The summed E-state index contributed by atoms with van der Waals surface area (Å²) in [5.74, 6) is 0. The molecular weight excluding hydrogens is 182 g/mol. The predicted molar refractivity (Wildman–Crippen MR) is 54.7 cm³/mol. The van der Waals surface area contributed by atoms with Gasteiger partial charge in [-0.25, -0.2) is 0 Å². The third kappa shape index (κ3) is 1.70. The van der Waals surface area contributed by atoms with Crippen LogP contribution in [0.4, 0.5) is 0 Å². The highest BCUT2D eigenvalue weighted by molar-refractivity contribution is 7.12. The molecule has 0 bridgehead atoms. The molecule has 0 amide bonds. The van der Waals surface area contributed by atoms with Gasteiger partial charge in [0, 0.05) is 24.5 Å². The van der Waals surface area contributed by atoms with Crippen molar-refractivity contribution in [1.82, 2.24) is 4.57 Å². The molecule has 0 spiro atoms. The number of pyridine rings is 1. The second-order valence-electron chi connectivity index (χ2n) is 2.90. The Labute approximate surface area is 80.1 Å². The van der Waals surface area contributed by atoms with Gasteiger partial charge in [-0.15, -0.1) is 11.3 Å². The van der Waals surface area contributed by atoms with Crippen molar-refractivity contribution >= 4 is 11.3 Å². The first-order valence-electron chi connectivity index (χ1n) is 3.99. The topological polar surface area (TPSA) is 22.0 Å². The maximum absolute atomic E-state index is 10.8. The third-order valence-corrected chi connectivity index (χ3v) is 2.83. The molecule has 0 atom stereocenters. The second-order valence-corrected chi connectivity index (χ2v) is 3.79. The molecule has 0 aliphatic carbocycles. The Kier molecular flexibility index (Phi) is 2.02. The maximum Gasteiger partial charge on any atom is 0.181 e. The van der Waals surface area contributed by atoms with Crippen molar-refractivity contribution < 1.29 is 0 Å². The molecule has 0 fully saturated rings. The van der Waals surface area contributed by atoms with Crippen molar-refractivity contribution in [1.29, 1.82) is 0 Å². The molecule has 0 aromatic carbocycles. The molecular formula is C10H9NOS. The van der Waals surface area contributed by atoms with E-state index in [1.807, 2.05) is 4.57 Å². The van der Waals surface area contributed by atoms with E-state index in [1.165, 1.54) is 5.56 Å². The monoisotopic (exact) mass is 191 g/mol. The van der Waals surface area contributed by atoms with Crippen LogP contribution in [-0.2, 0) is 0 Å². The van der Waals surface area contributed by atoms with Crippen LogP contribution in [0.3, 0.4) is 0 Å². The minimum absolute atomic E-state index is 0.0459. The zero-order valence-electron chi connectivity index (χ0n) is 7.23. The molecule has 0 aliphatic rings. The average Bonchev–Trinajstić information content (AvgIpc) is 2.53. The van der Waals surface area contributed by atoms with Crippen LogP contribution in [0.5, 0.6) is 0 Å². The number of aromatic nitrogens is 1. The zero-order chi connectivity index (χ0) is 9.26. The van der Waals surface area contributed by atoms with Gasteiger partial charge in [-0.3, -0.25) is 4.79 Å². The summed E-state index contributed by atoms with van der Waals surface area (Å²) in [6.07, 6.45) is 3.57. The highest BCUT2D eigenvalue weighted by Gasteiger charge is 1.96. The molecule has 2 aromatic heterocycles. The van der Waals surface area contributed by atoms with E-state index in [9.17, 15) is 4.79 Å². The fourth-order valence-electron chi connectivity index (χ4n) is 1.11. The fourth-order valence-corrected chi connectivity index (χ4v) is 1.98. The van der Waals surface area contributed by atoms with Crippen molar-refractivity contribution in [3.8, 4) is 5.00 Å². The van der Waals surface area contributed by atoms with E-state index in [-0.39, 0.29) is 5.43 Å². The van der Waals surface area contributed by atoms with E-state index >= 15 is 0 Å². The van der Waals surface area contributed by atoms with Gasteiger partial charge in [-0.2, -0.15) is 0 Å². The molecule has 0 saturated carbocycles. The first-order valence-corrected chi connectivity index (χ1v) is 4.87. The summed E-state index contributed by atoms with van der Waals surface area (Å²) in [4.78, 5) is 10.8. The molecule has 0 aliphatic heterocycles. The minimum atomic E-state index is 0.0459. The van der Waals surface area contributed by atoms with Gasteiger partial charge in [-0.05, 0) is 23.9 Å². The average molecular weight is 191 g/mol. The van der Waals surface area contributed by atoms with Crippen LogP contribution in [-0.4, -0.2) is 4.57 Å². The first kappa shape index (κ1) is 8.26. The van der Waals surface area contributed by atoms with Crippen molar-refractivity contribution in [2.45, 2.75) is 6.92 Å². The number of rotatable bonds is 1. The lowest BCUT2D eigenvalue weighted by molar-refractivity contribution is 1.06. The van der Waals surface area contributed by atoms with E-state index in [4.69, 9.17) is 0 Å². The molecule has 2 nitrogen and oxygen atoms in total. The van der Waals surface area contributed by atoms with Gasteiger partial charge in [0.05, 0.1) is 5.00 Å². The molecule has 0 saturated heterocycles. The molecule has 2 aromatic rings. The summed E-state index contributed by atoms with van der Waals surface area (Å²) < 4.78 is 1.94. The van der Waals surface area contributed by atoms with Crippen LogP contribution in [0.1, 0.15) is 5.56 Å². The van der Waals surface area contributed by atoms with Crippen molar-refractivity contribution in [2.24, 2.45) is 0 Å². The smallest absolute Gasteiger partial charge is 0.181 e.